The summed E-state index contributed by atoms with van der Waals surface area (Å²) < 4.78 is 43.7. The van der Waals surface area contributed by atoms with Crippen LogP contribution in [0.25, 0.3) is 11.2 Å². The van der Waals surface area contributed by atoms with Crippen LogP contribution in [0.5, 0.6) is 0 Å². The van der Waals surface area contributed by atoms with Crippen molar-refractivity contribution in [3.63, 3.8) is 0 Å². The van der Waals surface area contributed by atoms with E-state index in [0.717, 1.165) is 32.1 Å². The number of nitrogen functional groups attached to an aromatic ring is 1. The topological polar surface area (TPSA) is 135 Å². The molecule has 1 aromatic carbocycles. The summed E-state index contributed by atoms with van der Waals surface area (Å²) in [4.78, 5) is 22.3. The first kappa shape index (κ1) is 33.6. The molecule has 2 aromatic heterocycles. The van der Waals surface area contributed by atoms with Crippen molar-refractivity contribution < 1.29 is 27.8 Å². The average molecular weight is 604 g/mol. The van der Waals surface area contributed by atoms with Gasteiger partial charge in [-0.25, -0.2) is 19.3 Å². The third-order valence-corrected chi connectivity index (χ3v) is 7.67. The van der Waals surface area contributed by atoms with Crippen molar-refractivity contribution in [1.82, 2.24) is 19.5 Å². The Kier molecular flexibility index (Phi) is 14.9. The number of hydrogen-bond donors (Lipinski definition) is 2. The number of nitrogens with zero attached hydrogens (tertiary/aromatic N) is 4. The SMILES string of the molecule is C[C@H](Cn1cnc2c(N)ncnc21)OCP(=O)(O)OCCOCCCCCCCCCCCC#Cc1ccccc1F. The Morgan fingerprint density at radius 2 is 1.71 bits per heavy atom. The number of rotatable bonds is 20. The highest BCUT2D eigenvalue weighted by molar-refractivity contribution is 7.52. The van der Waals surface area contributed by atoms with Crippen LogP contribution in [0.1, 0.15) is 76.7 Å². The van der Waals surface area contributed by atoms with E-state index < -0.39 is 13.9 Å². The molecule has 0 aliphatic heterocycles. The first-order valence-electron chi connectivity index (χ1n) is 14.7. The molecule has 12 heteroatoms. The van der Waals surface area contributed by atoms with Gasteiger partial charge in [0.05, 0.1) is 37.8 Å². The molecule has 0 fully saturated rings. The molecule has 2 atom stereocenters. The van der Waals surface area contributed by atoms with Crippen LogP contribution in [-0.4, -0.2) is 56.7 Å². The van der Waals surface area contributed by atoms with Gasteiger partial charge in [-0.05, 0) is 31.9 Å². The quantitative estimate of drug-likeness (QED) is 0.0895. The lowest BCUT2D eigenvalue weighted by molar-refractivity contribution is 0.0610. The van der Waals surface area contributed by atoms with Crippen LogP contribution in [0.4, 0.5) is 10.2 Å². The number of aromatic nitrogens is 4. The first-order valence-corrected chi connectivity index (χ1v) is 16.4. The smallest absolute Gasteiger partial charge is 0.353 e. The molecule has 1 unspecified atom stereocenters. The predicted molar refractivity (Wildman–Crippen MR) is 161 cm³/mol. The molecule has 230 valence electrons. The van der Waals surface area contributed by atoms with E-state index in [0.29, 0.717) is 35.7 Å². The van der Waals surface area contributed by atoms with Gasteiger partial charge in [-0.1, -0.05) is 68.9 Å². The maximum absolute atomic E-state index is 13.5. The van der Waals surface area contributed by atoms with Crippen molar-refractivity contribution in [2.75, 3.05) is 31.9 Å². The summed E-state index contributed by atoms with van der Waals surface area (Å²) in [5.74, 6) is 6.01. The second-order valence-electron chi connectivity index (χ2n) is 10.2. The highest BCUT2D eigenvalue weighted by Gasteiger charge is 2.21. The lowest BCUT2D eigenvalue weighted by Gasteiger charge is -2.17. The molecule has 42 heavy (non-hydrogen) atoms. The van der Waals surface area contributed by atoms with Crippen LogP contribution in [-0.2, 0) is 25.1 Å². The Morgan fingerprint density at radius 3 is 2.48 bits per heavy atom. The lowest BCUT2D eigenvalue weighted by atomic mass is 10.1. The molecule has 0 aliphatic carbocycles. The van der Waals surface area contributed by atoms with E-state index in [1.807, 2.05) is 0 Å². The zero-order valence-corrected chi connectivity index (χ0v) is 25.3. The number of nitrogens with two attached hydrogens (primary N) is 1. The summed E-state index contributed by atoms with van der Waals surface area (Å²) in [6.07, 6.45) is 13.3. The van der Waals surface area contributed by atoms with Gasteiger partial charge in [-0.3, -0.25) is 4.57 Å². The molecule has 2 heterocycles. The molecule has 0 saturated heterocycles. The molecule has 0 radical (unpaired) electrons. The number of anilines is 1. The number of unbranched alkanes of at least 4 members (excludes halogenated alkanes) is 9. The van der Waals surface area contributed by atoms with Crippen molar-refractivity contribution >= 4 is 24.6 Å². The van der Waals surface area contributed by atoms with Gasteiger partial charge in [0.25, 0.3) is 0 Å². The largest absolute Gasteiger partial charge is 0.382 e. The fourth-order valence-electron chi connectivity index (χ4n) is 4.34. The summed E-state index contributed by atoms with van der Waals surface area (Å²) in [5.41, 5.74) is 7.35. The zero-order valence-electron chi connectivity index (χ0n) is 24.4. The maximum Gasteiger partial charge on any atom is 0.353 e. The molecule has 0 saturated carbocycles. The minimum Gasteiger partial charge on any atom is -0.382 e. The van der Waals surface area contributed by atoms with Crippen LogP contribution >= 0.6 is 7.60 Å². The second-order valence-corrected chi connectivity index (χ2v) is 12.0. The highest BCUT2D eigenvalue weighted by Crippen LogP contribution is 2.41. The summed E-state index contributed by atoms with van der Waals surface area (Å²) in [5, 5.41) is 0. The molecular formula is C30H43FN5O5P. The van der Waals surface area contributed by atoms with E-state index in [4.69, 9.17) is 19.7 Å². The maximum atomic E-state index is 13.5. The Hall–Kier alpha value is -2.87. The van der Waals surface area contributed by atoms with Gasteiger partial charge in [-0.2, -0.15) is 0 Å². The fraction of sp³-hybridized carbons (Fsp3) is 0.567. The fourth-order valence-corrected chi connectivity index (χ4v) is 5.21. The lowest BCUT2D eigenvalue weighted by Crippen LogP contribution is -2.18. The Labute approximate surface area is 247 Å². The monoisotopic (exact) mass is 603 g/mol. The molecule has 3 aromatic rings. The summed E-state index contributed by atoms with van der Waals surface area (Å²) >= 11 is 0. The van der Waals surface area contributed by atoms with Gasteiger partial charge in [0.1, 0.15) is 24.0 Å². The number of fused-ring (bicyclic) bond motifs is 1. The molecular weight excluding hydrogens is 560 g/mol. The molecule has 0 amide bonds. The van der Waals surface area contributed by atoms with Crippen LogP contribution in [0.3, 0.4) is 0 Å². The second kappa shape index (κ2) is 18.6. The third-order valence-electron chi connectivity index (χ3n) is 6.61. The Morgan fingerprint density at radius 1 is 1.00 bits per heavy atom. The first-order chi connectivity index (χ1) is 20.4. The van der Waals surface area contributed by atoms with Crippen molar-refractivity contribution in [1.29, 1.82) is 0 Å². The Bertz CT molecular complexity index is 1330. The average Bonchev–Trinajstić information content (AvgIpc) is 3.38. The van der Waals surface area contributed by atoms with Gasteiger partial charge in [-0.15, -0.1) is 0 Å². The summed E-state index contributed by atoms with van der Waals surface area (Å²) in [6, 6.07) is 6.62. The van der Waals surface area contributed by atoms with Crippen LogP contribution in [0, 0.1) is 17.7 Å². The standard InChI is InChI=1S/C30H43FN5O5P/c1-25(21-36-23-35-28-29(32)33-22-34-30(28)36)40-24-42(37,38)41-20-19-39-18-14-10-8-6-4-2-3-5-7-9-11-15-26-16-12-13-17-27(26)31/h12-13,16-17,22-23,25H,2-10,14,18-21,24H2,1H3,(H,37,38)(H2,32,33,34)/t25-/m1/s1. The van der Waals surface area contributed by atoms with Crippen LogP contribution in [0.15, 0.2) is 36.9 Å². The van der Waals surface area contributed by atoms with Crippen molar-refractivity contribution in [2.45, 2.75) is 83.8 Å². The van der Waals surface area contributed by atoms with Crippen molar-refractivity contribution in [2.24, 2.45) is 0 Å². The van der Waals surface area contributed by atoms with Gasteiger partial charge in [0.2, 0.25) is 0 Å². The number of halogens is 1. The summed E-state index contributed by atoms with van der Waals surface area (Å²) in [6.45, 7) is 3.06. The van der Waals surface area contributed by atoms with Crippen molar-refractivity contribution in [3.05, 3.63) is 48.3 Å². The predicted octanol–water partition coefficient (Wildman–Crippen LogP) is 6.08. The highest BCUT2D eigenvalue weighted by atomic mass is 31.2. The van der Waals surface area contributed by atoms with E-state index in [-0.39, 0.29) is 25.1 Å². The van der Waals surface area contributed by atoms with Gasteiger partial charge in [0.15, 0.2) is 11.5 Å². The number of ether oxygens (including phenoxy) is 2. The molecule has 0 aliphatic rings. The number of imidazole rings is 1. The summed E-state index contributed by atoms with van der Waals surface area (Å²) in [7, 11) is -3.89. The molecule has 3 rings (SSSR count). The Balaban J connectivity index is 1.10. The van der Waals surface area contributed by atoms with Gasteiger partial charge < -0.3 is 29.2 Å². The molecule has 0 bridgehead atoms. The van der Waals surface area contributed by atoms with E-state index >= 15 is 0 Å². The zero-order chi connectivity index (χ0) is 30.0. The molecule has 0 spiro atoms. The normalized spacial score (nSPS) is 13.5. The molecule has 3 N–H and O–H groups in total. The number of benzene rings is 1. The molecule has 10 nitrogen and oxygen atoms in total. The third kappa shape index (κ3) is 12.6. The van der Waals surface area contributed by atoms with Gasteiger partial charge >= 0.3 is 7.60 Å². The van der Waals surface area contributed by atoms with E-state index in [9.17, 15) is 13.8 Å². The minimum absolute atomic E-state index is 0.0304. The van der Waals surface area contributed by atoms with E-state index in [1.54, 1.807) is 36.0 Å². The number of hydrogen-bond acceptors (Lipinski definition) is 8. The minimum atomic E-state index is -3.89. The van der Waals surface area contributed by atoms with Crippen LogP contribution in [0.2, 0.25) is 0 Å². The van der Waals surface area contributed by atoms with E-state index in [2.05, 4.69) is 26.8 Å². The van der Waals surface area contributed by atoms with Crippen molar-refractivity contribution in [3.8, 4) is 11.8 Å². The van der Waals surface area contributed by atoms with Crippen LogP contribution < -0.4 is 5.73 Å². The van der Waals surface area contributed by atoms with E-state index in [1.165, 1.54) is 44.5 Å². The van der Waals surface area contributed by atoms with Gasteiger partial charge in [0, 0.05) is 13.0 Å².